The van der Waals surface area contributed by atoms with Crippen molar-refractivity contribution in [2.24, 2.45) is 0 Å². The fraction of sp³-hybridized carbons (Fsp3) is 0.652. The summed E-state index contributed by atoms with van der Waals surface area (Å²) >= 11 is 0. The molecule has 1 saturated heterocycles. The Morgan fingerprint density at radius 1 is 0.864 bits per heavy atom. The monoisotopic (exact) mass is 660 g/mol. The van der Waals surface area contributed by atoms with E-state index < -0.39 is 64.1 Å². The van der Waals surface area contributed by atoms with Gasteiger partial charge in [-0.3, -0.25) is 41.5 Å². The van der Waals surface area contributed by atoms with Gasteiger partial charge in [-0.05, 0) is 0 Å². The van der Waals surface area contributed by atoms with Crippen molar-refractivity contribution in [1.82, 2.24) is 9.55 Å². The standard InChI is InChI=1S/C23H30N6O13P2/c1-24-7-12-36-43(33,37-13-8-25-2)40-16-23(17-41-44(34,38-14-9-26-3)39-15-10-27-4)20(31)19(35-5)21(42-23)29-11-6-18(30)28-22(29)32/h6,11,19-21,31H,7-10,12-17H2,5H3,(H,28,30,32)/t19?,20-,21-/m1/s1. The maximum atomic E-state index is 13.4. The molecule has 44 heavy (non-hydrogen) atoms. The highest BCUT2D eigenvalue weighted by Crippen LogP contribution is 2.54. The molecule has 2 rings (SSSR count). The third kappa shape index (κ3) is 10.4. The summed E-state index contributed by atoms with van der Waals surface area (Å²) in [7, 11) is -7.89. The summed E-state index contributed by atoms with van der Waals surface area (Å²) < 4.78 is 70.6. The molecule has 0 saturated carbocycles. The van der Waals surface area contributed by atoms with Crippen molar-refractivity contribution in [3.63, 3.8) is 0 Å². The van der Waals surface area contributed by atoms with E-state index in [-0.39, 0.29) is 52.6 Å². The Kier molecular flexibility index (Phi) is 15.0. The molecule has 0 radical (unpaired) electrons. The summed E-state index contributed by atoms with van der Waals surface area (Å²) in [5.74, 6) is 0. The van der Waals surface area contributed by atoms with E-state index in [1.807, 2.05) is 4.98 Å². The molecular formula is C23H30N6O13P2. The zero-order chi connectivity index (χ0) is 32.6. The van der Waals surface area contributed by atoms with Crippen molar-refractivity contribution in [3.05, 3.63) is 78.8 Å². The lowest BCUT2D eigenvalue weighted by atomic mass is 9.97. The van der Waals surface area contributed by atoms with Gasteiger partial charge >= 0.3 is 21.3 Å². The smallest absolute Gasteiger partial charge is 0.387 e. The molecule has 1 fully saturated rings. The molecule has 0 aliphatic carbocycles. The number of aliphatic hydroxyl groups is 1. The van der Waals surface area contributed by atoms with Crippen molar-refractivity contribution in [3.8, 4) is 0 Å². The summed E-state index contributed by atoms with van der Waals surface area (Å²) in [5.41, 5.74) is -3.86. The van der Waals surface area contributed by atoms with Crippen LogP contribution in [0.1, 0.15) is 6.23 Å². The number of aromatic nitrogens is 2. The highest BCUT2D eigenvalue weighted by atomic mass is 31.2. The average molecular weight is 660 g/mol. The Bertz CT molecular complexity index is 1360. The molecule has 1 unspecified atom stereocenters. The Balaban J connectivity index is 2.50. The Morgan fingerprint density at radius 2 is 1.30 bits per heavy atom. The summed E-state index contributed by atoms with van der Waals surface area (Å²) in [6.07, 6.45) is -3.57. The minimum Gasteiger partial charge on any atom is -0.387 e. The predicted octanol–water partition coefficient (Wildman–Crippen LogP) is 1.17. The molecule has 1 aliphatic rings. The van der Waals surface area contributed by atoms with E-state index in [9.17, 15) is 23.8 Å². The largest absolute Gasteiger partial charge is 0.475 e. The molecule has 19 nitrogen and oxygen atoms in total. The zero-order valence-electron chi connectivity index (χ0n) is 23.4. The Labute approximate surface area is 252 Å². The molecule has 3 atom stereocenters. The number of hydrogen-bond acceptors (Lipinski definition) is 13. The van der Waals surface area contributed by atoms with Gasteiger partial charge in [0.25, 0.3) is 5.56 Å². The molecule has 240 valence electrons. The van der Waals surface area contributed by atoms with E-state index in [0.29, 0.717) is 0 Å². The first-order chi connectivity index (χ1) is 21.0. The number of hydrogen-bond donors (Lipinski definition) is 2. The molecule has 21 heteroatoms. The lowest BCUT2D eigenvalue weighted by molar-refractivity contribution is -0.148. The van der Waals surface area contributed by atoms with Gasteiger partial charge in [0, 0.05) is 19.4 Å². The van der Waals surface area contributed by atoms with Crippen molar-refractivity contribution in [1.29, 1.82) is 0 Å². The van der Waals surface area contributed by atoms with E-state index in [4.69, 9.17) is 62.9 Å². The van der Waals surface area contributed by atoms with Crippen LogP contribution in [0.15, 0.2) is 21.9 Å². The van der Waals surface area contributed by atoms with Crippen LogP contribution in [0.2, 0.25) is 0 Å². The lowest BCUT2D eigenvalue weighted by Gasteiger charge is -2.33. The van der Waals surface area contributed by atoms with Gasteiger partial charge in [0.2, 0.25) is 26.2 Å². The van der Waals surface area contributed by atoms with Crippen LogP contribution < -0.4 is 11.2 Å². The number of aliphatic hydroxyl groups excluding tert-OH is 1. The molecule has 2 N–H and O–H groups in total. The molecule has 2 heterocycles. The van der Waals surface area contributed by atoms with Gasteiger partial charge in [0.05, 0.1) is 13.2 Å². The fourth-order valence-electron chi connectivity index (χ4n) is 3.59. The number of rotatable bonds is 20. The van der Waals surface area contributed by atoms with Gasteiger partial charge in [-0.15, -0.1) is 0 Å². The van der Waals surface area contributed by atoms with Gasteiger partial charge in [0.1, 0.15) is 44.2 Å². The van der Waals surface area contributed by atoms with Crippen LogP contribution in [0.25, 0.3) is 19.4 Å². The second-order valence-electron chi connectivity index (χ2n) is 8.54. The number of nitrogens with one attached hydrogen (secondary N) is 1. The van der Waals surface area contributed by atoms with Gasteiger partial charge in [-0.2, -0.15) is 0 Å². The van der Waals surface area contributed by atoms with Crippen LogP contribution in [-0.2, 0) is 45.7 Å². The van der Waals surface area contributed by atoms with Gasteiger partial charge in [-0.1, -0.05) is 0 Å². The molecule has 1 aliphatic heterocycles. The van der Waals surface area contributed by atoms with Gasteiger partial charge < -0.3 is 34.0 Å². The topological polar surface area (TPSA) is 201 Å². The van der Waals surface area contributed by atoms with Crippen LogP contribution >= 0.6 is 15.6 Å². The molecule has 0 amide bonds. The van der Waals surface area contributed by atoms with E-state index in [1.54, 1.807) is 0 Å². The molecule has 1 aromatic heterocycles. The van der Waals surface area contributed by atoms with Crippen molar-refractivity contribution in [2.75, 3.05) is 72.9 Å². The van der Waals surface area contributed by atoms with E-state index in [0.717, 1.165) is 16.8 Å². The molecule has 0 aromatic carbocycles. The third-order valence-corrected chi connectivity index (χ3v) is 8.51. The first-order valence-electron chi connectivity index (χ1n) is 12.6. The van der Waals surface area contributed by atoms with E-state index in [1.165, 1.54) is 7.11 Å². The SMILES string of the molecule is [C-]#[N+]CCOP(=O)(OCC[N+]#[C-])OCC1(COP(=O)(OCC[N+]#[C-])OCC[N+]#[C-])O[C@@H](n2ccc(=O)[nH]c2=O)C(OC)[C@H]1O. The van der Waals surface area contributed by atoms with Gasteiger partial charge in [0.15, 0.2) is 6.23 Å². The summed E-state index contributed by atoms with van der Waals surface area (Å²) in [5, 5.41) is 11.4. The van der Waals surface area contributed by atoms with Crippen LogP contribution in [0.3, 0.4) is 0 Å². The summed E-state index contributed by atoms with van der Waals surface area (Å²) in [4.78, 5) is 38.6. The van der Waals surface area contributed by atoms with Crippen molar-refractivity contribution < 1.29 is 50.9 Å². The van der Waals surface area contributed by atoms with Gasteiger partial charge in [-0.25, -0.2) is 40.2 Å². The molecular weight excluding hydrogens is 630 g/mol. The molecule has 0 spiro atoms. The number of methoxy groups -OCH3 is 1. The van der Waals surface area contributed by atoms with Crippen LogP contribution in [0.5, 0.6) is 0 Å². The van der Waals surface area contributed by atoms with Crippen molar-refractivity contribution >= 4 is 15.6 Å². The predicted molar refractivity (Wildman–Crippen MR) is 148 cm³/mol. The molecule has 0 bridgehead atoms. The van der Waals surface area contributed by atoms with E-state index >= 15 is 0 Å². The normalized spacial score (nSPS) is 19.5. The summed E-state index contributed by atoms with van der Waals surface area (Å²) in [6, 6.07) is 1.01. The number of phosphoric ester groups is 2. The summed E-state index contributed by atoms with van der Waals surface area (Å²) in [6.45, 7) is 23.4. The minimum atomic E-state index is -4.53. The minimum absolute atomic E-state index is 0.219. The number of phosphoric acid groups is 2. The second-order valence-corrected chi connectivity index (χ2v) is 11.9. The number of ether oxygens (including phenoxy) is 2. The number of H-pyrrole nitrogens is 1. The Hall–Kier alpha value is -3.26. The maximum absolute atomic E-state index is 13.4. The third-order valence-electron chi connectivity index (χ3n) is 5.63. The van der Waals surface area contributed by atoms with Crippen LogP contribution in [0.4, 0.5) is 0 Å². The number of aromatic amines is 1. The first kappa shape index (κ1) is 36.9. The lowest BCUT2D eigenvalue weighted by Crippen LogP contribution is -2.50. The average Bonchev–Trinajstić information content (AvgIpc) is 3.27. The number of nitrogens with zero attached hydrogens (tertiary/aromatic N) is 5. The molecule has 1 aromatic rings. The first-order valence-corrected chi connectivity index (χ1v) is 15.5. The fourth-order valence-corrected chi connectivity index (χ4v) is 6.02. The van der Waals surface area contributed by atoms with E-state index in [2.05, 4.69) is 19.4 Å². The van der Waals surface area contributed by atoms with Crippen LogP contribution in [0, 0.1) is 26.3 Å². The van der Waals surface area contributed by atoms with Crippen LogP contribution in [-0.4, -0.2) is 105 Å². The van der Waals surface area contributed by atoms with Crippen molar-refractivity contribution in [2.45, 2.75) is 24.0 Å². The highest BCUT2D eigenvalue weighted by molar-refractivity contribution is 7.48. The Morgan fingerprint density at radius 3 is 1.66 bits per heavy atom. The second kappa shape index (κ2) is 17.9. The quantitative estimate of drug-likeness (QED) is 0.115. The highest BCUT2D eigenvalue weighted by Gasteiger charge is 2.58. The zero-order valence-corrected chi connectivity index (χ0v) is 25.2. The maximum Gasteiger partial charge on any atom is 0.475 e.